The molecule has 0 spiro atoms. The summed E-state index contributed by atoms with van der Waals surface area (Å²) in [6, 6.07) is 6.44. The third-order valence-corrected chi connectivity index (χ3v) is 4.48. The number of carbonyl (C=O) groups is 4. The van der Waals surface area contributed by atoms with E-state index in [0.717, 1.165) is 0 Å². The van der Waals surface area contributed by atoms with Crippen molar-refractivity contribution in [1.29, 1.82) is 0 Å². The lowest BCUT2D eigenvalue weighted by atomic mass is 10.1. The molecule has 9 heteroatoms. The van der Waals surface area contributed by atoms with Crippen LogP contribution in [0.25, 0.3) is 0 Å². The van der Waals surface area contributed by atoms with Gasteiger partial charge in [-0.1, -0.05) is 6.07 Å². The maximum atomic E-state index is 12.6. The Morgan fingerprint density at radius 2 is 1.83 bits per heavy atom. The molecule has 30 heavy (non-hydrogen) atoms. The van der Waals surface area contributed by atoms with E-state index in [1.165, 1.54) is 27.2 Å². The molecule has 0 fully saturated rings. The Kier molecular flexibility index (Phi) is 7.35. The van der Waals surface area contributed by atoms with Gasteiger partial charge in [0.2, 0.25) is 5.78 Å². The van der Waals surface area contributed by atoms with Crippen molar-refractivity contribution in [3.63, 3.8) is 0 Å². The molecule has 1 atom stereocenters. The molecule has 1 unspecified atom stereocenters. The Balaban J connectivity index is 1.98. The van der Waals surface area contributed by atoms with E-state index in [2.05, 4.69) is 10.3 Å². The standard InChI is InChI=1S/C21H24N2O7/c1-11-17(21(27)29-5)12(2)23-18(11)19(25)13(3)30-16(24)10-22-20(26)14-7-6-8-15(9-14)28-4/h6-9,13,23H,10H2,1-5H3,(H,22,26). The van der Waals surface area contributed by atoms with E-state index in [0.29, 0.717) is 22.6 Å². The van der Waals surface area contributed by atoms with Gasteiger partial charge < -0.3 is 24.5 Å². The second-order valence-electron chi connectivity index (χ2n) is 6.53. The number of amides is 1. The summed E-state index contributed by atoms with van der Waals surface area (Å²) in [5, 5.41) is 2.43. The minimum atomic E-state index is -1.12. The first-order valence-electron chi connectivity index (χ1n) is 9.13. The topological polar surface area (TPSA) is 124 Å². The maximum absolute atomic E-state index is 12.6. The molecule has 1 aromatic heterocycles. The molecule has 1 aromatic carbocycles. The average Bonchev–Trinajstić information content (AvgIpc) is 3.04. The number of ether oxygens (including phenoxy) is 3. The number of benzene rings is 1. The van der Waals surface area contributed by atoms with Crippen LogP contribution in [0.3, 0.4) is 0 Å². The minimum Gasteiger partial charge on any atom is -0.497 e. The zero-order chi connectivity index (χ0) is 22.4. The van der Waals surface area contributed by atoms with Crippen LogP contribution in [0.2, 0.25) is 0 Å². The molecule has 0 aliphatic carbocycles. The van der Waals surface area contributed by atoms with Gasteiger partial charge in [-0.25, -0.2) is 4.79 Å². The Hall–Kier alpha value is -3.62. The molecule has 2 aromatic rings. The Labute approximate surface area is 173 Å². The minimum absolute atomic E-state index is 0.161. The Bertz CT molecular complexity index is 978. The van der Waals surface area contributed by atoms with Gasteiger partial charge in [0.25, 0.3) is 5.91 Å². The van der Waals surface area contributed by atoms with Crippen LogP contribution >= 0.6 is 0 Å². The molecule has 1 heterocycles. The number of aromatic amines is 1. The number of esters is 2. The number of nitrogens with one attached hydrogen (secondary N) is 2. The van der Waals surface area contributed by atoms with Crippen molar-refractivity contribution in [1.82, 2.24) is 10.3 Å². The van der Waals surface area contributed by atoms with Gasteiger partial charge in [-0.3, -0.25) is 14.4 Å². The number of H-pyrrole nitrogens is 1. The van der Waals surface area contributed by atoms with E-state index < -0.39 is 36.3 Å². The number of aryl methyl sites for hydroxylation is 1. The zero-order valence-corrected chi connectivity index (χ0v) is 17.5. The molecule has 0 radical (unpaired) electrons. The highest BCUT2D eigenvalue weighted by molar-refractivity contribution is 6.04. The van der Waals surface area contributed by atoms with Crippen molar-refractivity contribution in [2.75, 3.05) is 20.8 Å². The molecule has 160 valence electrons. The van der Waals surface area contributed by atoms with Gasteiger partial charge in [-0.2, -0.15) is 0 Å². The second-order valence-corrected chi connectivity index (χ2v) is 6.53. The Morgan fingerprint density at radius 1 is 1.13 bits per heavy atom. The number of hydrogen-bond donors (Lipinski definition) is 2. The molecule has 0 bridgehead atoms. The van der Waals surface area contributed by atoms with Crippen LogP contribution in [0, 0.1) is 13.8 Å². The number of hydrogen-bond acceptors (Lipinski definition) is 7. The lowest BCUT2D eigenvalue weighted by Gasteiger charge is -2.13. The van der Waals surface area contributed by atoms with Crippen LogP contribution in [0.1, 0.15) is 49.4 Å². The summed E-state index contributed by atoms with van der Waals surface area (Å²) in [6.45, 7) is 4.24. The molecular formula is C21H24N2O7. The fourth-order valence-electron chi connectivity index (χ4n) is 2.92. The molecule has 0 saturated heterocycles. The first-order chi connectivity index (χ1) is 14.2. The zero-order valence-electron chi connectivity index (χ0n) is 17.5. The number of carbonyl (C=O) groups excluding carboxylic acids is 4. The molecule has 9 nitrogen and oxygen atoms in total. The smallest absolute Gasteiger partial charge is 0.339 e. The molecule has 1 amide bonds. The molecular weight excluding hydrogens is 392 g/mol. The maximum Gasteiger partial charge on any atom is 0.339 e. The quantitative estimate of drug-likeness (QED) is 0.498. The summed E-state index contributed by atoms with van der Waals surface area (Å²) >= 11 is 0. The first-order valence-corrected chi connectivity index (χ1v) is 9.13. The van der Waals surface area contributed by atoms with Gasteiger partial charge in [-0.05, 0) is 44.5 Å². The molecule has 0 aliphatic rings. The van der Waals surface area contributed by atoms with Gasteiger partial charge >= 0.3 is 11.9 Å². The SMILES string of the molecule is COC(=O)c1c(C)[nH]c(C(=O)C(C)OC(=O)CNC(=O)c2cccc(OC)c2)c1C. The van der Waals surface area contributed by atoms with Crippen LogP contribution in [-0.2, 0) is 14.3 Å². The molecule has 2 N–H and O–H groups in total. The normalized spacial score (nSPS) is 11.4. The van der Waals surface area contributed by atoms with Crippen LogP contribution in [0.15, 0.2) is 24.3 Å². The number of ketones is 1. The van der Waals surface area contributed by atoms with Crippen LogP contribution in [0.4, 0.5) is 0 Å². The third-order valence-electron chi connectivity index (χ3n) is 4.48. The summed E-state index contributed by atoms with van der Waals surface area (Å²) in [6.07, 6.45) is -1.12. The third kappa shape index (κ3) is 5.05. The lowest BCUT2D eigenvalue weighted by Crippen LogP contribution is -2.34. The fourth-order valence-corrected chi connectivity index (χ4v) is 2.92. The van der Waals surface area contributed by atoms with E-state index >= 15 is 0 Å². The predicted molar refractivity (Wildman–Crippen MR) is 107 cm³/mol. The first kappa shape index (κ1) is 22.7. The number of rotatable bonds is 8. The monoisotopic (exact) mass is 416 g/mol. The fraction of sp³-hybridized carbons (Fsp3) is 0.333. The lowest BCUT2D eigenvalue weighted by molar-refractivity contribution is -0.145. The second kappa shape index (κ2) is 9.73. The van der Waals surface area contributed by atoms with Gasteiger partial charge in [0.05, 0.1) is 25.5 Å². The van der Waals surface area contributed by atoms with E-state index in [-0.39, 0.29) is 11.3 Å². The summed E-state index contributed by atoms with van der Waals surface area (Å²) in [4.78, 5) is 51.6. The molecule has 2 rings (SSSR count). The van der Waals surface area contributed by atoms with Crippen molar-refractivity contribution in [2.24, 2.45) is 0 Å². The van der Waals surface area contributed by atoms with Gasteiger partial charge in [-0.15, -0.1) is 0 Å². The summed E-state index contributed by atoms with van der Waals surface area (Å²) in [5.74, 6) is -1.82. The number of methoxy groups -OCH3 is 2. The van der Waals surface area contributed by atoms with Crippen molar-refractivity contribution in [3.8, 4) is 5.75 Å². The summed E-state index contributed by atoms with van der Waals surface area (Å²) < 4.78 is 14.9. The van der Waals surface area contributed by atoms with Crippen LogP contribution in [0.5, 0.6) is 5.75 Å². The van der Waals surface area contributed by atoms with Gasteiger partial charge in [0, 0.05) is 11.3 Å². The molecule has 0 aliphatic heterocycles. The van der Waals surface area contributed by atoms with Crippen LogP contribution in [-0.4, -0.2) is 55.5 Å². The van der Waals surface area contributed by atoms with E-state index in [1.807, 2.05) is 0 Å². The number of aromatic nitrogens is 1. The van der Waals surface area contributed by atoms with E-state index in [4.69, 9.17) is 14.2 Å². The number of Topliss-reactive ketones (excluding diaryl/α,β-unsaturated/α-hetero) is 1. The Morgan fingerprint density at radius 3 is 2.47 bits per heavy atom. The average molecular weight is 416 g/mol. The van der Waals surface area contributed by atoms with Crippen molar-refractivity contribution in [2.45, 2.75) is 26.9 Å². The van der Waals surface area contributed by atoms with Crippen LogP contribution < -0.4 is 10.1 Å². The predicted octanol–water partition coefficient (Wildman–Crippen LogP) is 1.97. The highest BCUT2D eigenvalue weighted by atomic mass is 16.5. The highest BCUT2D eigenvalue weighted by Crippen LogP contribution is 2.20. The highest BCUT2D eigenvalue weighted by Gasteiger charge is 2.27. The van der Waals surface area contributed by atoms with Crippen molar-refractivity contribution in [3.05, 3.63) is 52.3 Å². The van der Waals surface area contributed by atoms with E-state index in [9.17, 15) is 19.2 Å². The van der Waals surface area contributed by atoms with E-state index in [1.54, 1.807) is 32.0 Å². The summed E-state index contributed by atoms with van der Waals surface area (Å²) in [5.41, 5.74) is 1.64. The van der Waals surface area contributed by atoms with Crippen molar-refractivity contribution >= 4 is 23.6 Å². The van der Waals surface area contributed by atoms with Gasteiger partial charge in [0.1, 0.15) is 12.3 Å². The largest absolute Gasteiger partial charge is 0.497 e. The summed E-state index contributed by atoms with van der Waals surface area (Å²) in [7, 11) is 2.73. The van der Waals surface area contributed by atoms with Gasteiger partial charge in [0.15, 0.2) is 6.10 Å². The molecule has 0 saturated carbocycles. The van der Waals surface area contributed by atoms with Crippen molar-refractivity contribution < 1.29 is 33.4 Å².